The van der Waals surface area contributed by atoms with Gasteiger partial charge in [0.15, 0.2) is 0 Å². The number of benzene rings is 3. The first-order valence-corrected chi connectivity index (χ1v) is 16.8. The zero-order chi connectivity index (χ0) is 37.1. The number of hydrogen-bond donors (Lipinski definition) is 3. The Bertz CT molecular complexity index is 1800. The summed E-state index contributed by atoms with van der Waals surface area (Å²) in [5.74, 6) is -1.66. The van der Waals surface area contributed by atoms with Gasteiger partial charge in [0.05, 0.1) is 11.6 Å². The molecule has 1 heterocycles. The van der Waals surface area contributed by atoms with E-state index in [1.807, 2.05) is 72.8 Å². The van der Waals surface area contributed by atoms with Gasteiger partial charge in [0.2, 0.25) is 24.1 Å². The van der Waals surface area contributed by atoms with Crippen LogP contribution in [0.3, 0.4) is 0 Å². The fourth-order valence-electron chi connectivity index (χ4n) is 5.71. The van der Waals surface area contributed by atoms with Crippen molar-refractivity contribution in [3.63, 3.8) is 0 Å². The van der Waals surface area contributed by atoms with Crippen LogP contribution in [-0.2, 0) is 48.0 Å². The van der Waals surface area contributed by atoms with Gasteiger partial charge in [0, 0.05) is 45.1 Å². The Morgan fingerprint density at radius 2 is 1.39 bits per heavy atom. The summed E-state index contributed by atoms with van der Waals surface area (Å²) >= 11 is 0. The number of ether oxygens (including phenoxy) is 2. The smallest absolute Gasteiger partial charge is 0.408 e. The molecule has 4 amide bonds. The van der Waals surface area contributed by atoms with Crippen molar-refractivity contribution in [2.24, 2.45) is 0 Å². The molecule has 3 N–H and O–H groups in total. The third-order valence-electron chi connectivity index (χ3n) is 8.33. The highest BCUT2D eigenvalue weighted by atomic mass is 16.6. The highest BCUT2D eigenvalue weighted by Gasteiger charge is 2.34. The van der Waals surface area contributed by atoms with E-state index >= 15 is 0 Å². The molecule has 0 saturated heterocycles. The molecule has 12 heteroatoms. The number of fused-ring (bicyclic) bond motifs is 1. The second-order valence-corrected chi connectivity index (χ2v) is 13.4. The van der Waals surface area contributed by atoms with E-state index in [4.69, 9.17) is 9.47 Å². The number of likely N-dealkylation sites (N-methyl/N-ethyl adjacent to an activating group) is 1. The molecule has 0 aliphatic heterocycles. The lowest BCUT2D eigenvalue weighted by Gasteiger charge is -2.29. The quantitative estimate of drug-likeness (QED) is 0.159. The molecule has 0 fully saturated rings. The highest BCUT2D eigenvalue weighted by Crippen LogP contribution is 2.22. The fraction of sp³-hybridized carbons (Fsp3) is 0.359. The first-order valence-electron chi connectivity index (χ1n) is 16.8. The first-order chi connectivity index (χ1) is 24.3. The van der Waals surface area contributed by atoms with E-state index in [0.29, 0.717) is 29.4 Å². The van der Waals surface area contributed by atoms with Crippen molar-refractivity contribution in [3.05, 3.63) is 108 Å². The van der Waals surface area contributed by atoms with Crippen LogP contribution in [0.5, 0.6) is 0 Å². The minimum atomic E-state index is -1.24. The monoisotopic (exact) mass is 697 g/mol. The van der Waals surface area contributed by atoms with Gasteiger partial charge in [-0.2, -0.15) is 0 Å². The van der Waals surface area contributed by atoms with E-state index in [1.54, 1.807) is 58.0 Å². The Morgan fingerprint density at radius 3 is 2.00 bits per heavy atom. The van der Waals surface area contributed by atoms with Gasteiger partial charge in [0.25, 0.3) is 0 Å². The van der Waals surface area contributed by atoms with Crippen LogP contribution in [0, 0.1) is 0 Å². The third-order valence-corrected chi connectivity index (χ3v) is 8.33. The number of para-hydroxylation sites is 1. The summed E-state index contributed by atoms with van der Waals surface area (Å²) in [5.41, 5.74) is 2.16. The van der Waals surface area contributed by atoms with Crippen LogP contribution in [0.4, 0.5) is 4.79 Å². The third kappa shape index (κ3) is 10.7. The molecule has 1 aromatic heterocycles. The molecule has 4 rings (SSSR count). The second kappa shape index (κ2) is 17.4. The van der Waals surface area contributed by atoms with E-state index in [9.17, 15) is 24.0 Å². The van der Waals surface area contributed by atoms with Gasteiger partial charge in [-0.05, 0) is 50.5 Å². The lowest BCUT2D eigenvalue weighted by molar-refractivity contribution is -0.137. The summed E-state index contributed by atoms with van der Waals surface area (Å²) in [6.07, 6.45) is 0.787. The molecule has 0 aliphatic carbocycles. The van der Waals surface area contributed by atoms with Gasteiger partial charge in [-0.1, -0.05) is 78.9 Å². The predicted octanol–water partition coefficient (Wildman–Crippen LogP) is 4.02. The maximum atomic E-state index is 14.3. The van der Waals surface area contributed by atoms with Crippen molar-refractivity contribution in [2.45, 2.75) is 76.9 Å². The highest BCUT2D eigenvalue weighted by molar-refractivity contribution is 5.95. The van der Waals surface area contributed by atoms with Crippen molar-refractivity contribution in [1.29, 1.82) is 0 Å². The Balaban J connectivity index is 1.67. The summed E-state index contributed by atoms with van der Waals surface area (Å²) in [6, 6.07) is 22.6. The molecule has 0 aliphatic rings. The molecule has 4 atom stereocenters. The zero-order valence-electron chi connectivity index (χ0n) is 29.9. The number of carbonyl (C=O) groups is 5. The lowest BCUT2D eigenvalue weighted by atomic mass is 10.0. The van der Waals surface area contributed by atoms with E-state index in [1.165, 1.54) is 11.7 Å². The largest absolute Gasteiger partial charge is 0.444 e. The minimum Gasteiger partial charge on any atom is -0.444 e. The average molecular weight is 698 g/mol. The Morgan fingerprint density at radius 1 is 0.804 bits per heavy atom. The summed E-state index contributed by atoms with van der Waals surface area (Å²) < 4.78 is 12.2. The van der Waals surface area contributed by atoms with Crippen LogP contribution in [0.25, 0.3) is 10.9 Å². The van der Waals surface area contributed by atoms with Gasteiger partial charge in [-0.3, -0.25) is 23.7 Å². The van der Waals surface area contributed by atoms with Gasteiger partial charge in [0.1, 0.15) is 23.7 Å². The number of alkyl carbamates (subject to hydrolysis) is 1. The zero-order valence-corrected chi connectivity index (χ0v) is 29.9. The number of hydrogen-bond acceptors (Lipinski definition) is 7. The SMILES string of the molecule is CO[C@H](C)[C@H](NC(=O)OC(C)(C)C)C(=O)N[C@H](Cc1cn(C=O)c2ccccc12)C(=O)N[C@@H](Cc1ccccc1)C(=O)N(C)Cc1ccccc1. The number of carbonyl (C=O) groups excluding carboxylic acids is 5. The number of nitrogens with zero attached hydrogens (tertiary/aromatic N) is 2. The molecule has 270 valence electrons. The molecule has 0 radical (unpaired) electrons. The van der Waals surface area contributed by atoms with E-state index in [0.717, 1.165) is 11.1 Å². The normalized spacial score (nSPS) is 13.7. The molecule has 0 bridgehead atoms. The maximum Gasteiger partial charge on any atom is 0.408 e. The molecule has 0 saturated carbocycles. The number of rotatable bonds is 15. The first kappa shape index (κ1) is 38.3. The van der Waals surface area contributed by atoms with E-state index < -0.39 is 47.7 Å². The summed E-state index contributed by atoms with van der Waals surface area (Å²) in [6.45, 7) is 7.01. The number of nitrogens with one attached hydrogen (secondary N) is 3. The minimum absolute atomic E-state index is 0.0362. The van der Waals surface area contributed by atoms with Crippen LogP contribution < -0.4 is 16.0 Å². The van der Waals surface area contributed by atoms with Gasteiger partial charge in [-0.15, -0.1) is 0 Å². The maximum absolute atomic E-state index is 14.3. The topological polar surface area (TPSA) is 148 Å². The van der Waals surface area contributed by atoms with Crippen LogP contribution in [-0.4, -0.2) is 83.7 Å². The Kier molecular flexibility index (Phi) is 13.1. The molecule has 0 unspecified atom stereocenters. The Hall–Kier alpha value is -5.49. The van der Waals surface area contributed by atoms with Gasteiger partial charge >= 0.3 is 6.09 Å². The number of amides is 4. The lowest BCUT2D eigenvalue weighted by Crippen LogP contribution is -2.60. The standard InChI is InChI=1S/C39H47N5O7/c1-26(50-6)34(42-38(49)51-39(2,3)4)36(47)40-31(22-29-24-44(25-45)33-20-14-13-19-30(29)33)35(46)41-32(21-27-15-9-7-10-16-27)37(48)43(5)23-28-17-11-8-12-18-28/h7-20,24-26,31-32,34H,21-23H2,1-6H3,(H,40,47)(H,41,46)(H,42,49)/t26-,31-,32+,34+/m1/s1. The molecule has 0 spiro atoms. The Labute approximate surface area is 298 Å². The van der Waals surface area contributed by atoms with Crippen LogP contribution >= 0.6 is 0 Å². The number of aromatic nitrogens is 1. The van der Waals surface area contributed by atoms with Crippen molar-refractivity contribution >= 4 is 41.1 Å². The molecule has 51 heavy (non-hydrogen) atoms. The van der Waals surface area contributed by atoms with Gasteiger partial charge in [-0.25, -0.2) is 4.79 Å². The molecular formula is C39H47N5O7. The van der Waals surface area contributed by atoms with Crippen molar-refractivity contribution in [3.8, 4) is 0 Å². The number of methoxy groups -OCH3 is 1. The van der Waals surface area contributed by atoms with Crippen molar-refractivity contribution < 1.29 is 33.4 Å². The summed E-state index contributed by atoms with van der Waals surface area (Å²) in [4.78, 5) is 68.5. The van der Waals surface area contributed by atoms with Crippen molar-refractivity contribution in [2.75, 3.05) is 14.2 Å². The van der Waals surface area contributed by atoms with Crippen LogP contribution in [0.1, 0.15) is 44.4 Å². The van der Waals surface area contributed by atoms with Crippen LogP contribution in [0.15, 0.2) is 91.1 Å². The molecular weight excluding hydrogens is 650 g/mol. The predicted molar refractivity (Wildman–Crippen MR) is 194 cm³/mol. The van der Waals surface area contributed by atoms with Gasteiger partial charge < -0.3 is 30.3 Å². The van der Waals surface area contributed by atoms with E-state index in [2.05, 4.69) is 16.0 Å². The van der Waals surface area contributed by atoms with Crippen LogP contribution in [0.2, 0.25) is 0 Å². The molecule has 3 aromatic carbocycles. The molecule has 4 aromatic rings. The summed E-state index contributed by atoms with van der Waals surface area (Å²) in [7, 11) is 3.07. The average Bonchev–Trinajstić information content (AvgIpc) is 3.46. The van der Waals surface area contributed by atoms with E-state index in [-0.39, 0.29) is 18.7 Å². The summed E-state index contributed by atoms with van der Waals surface area (Å²) in [5, 5.41) is 8.99. The van der Waals surface area contributed by atoms with Crippen molar-refractivity contribution in [1.82, 2.24) is 25.4 Å². The second-order valence-electron chi connectivity index (χ2n) is 13.4. The fourth-order valence-corrected chi connectivity index (χ4v) is 5.71. The molecule has 12 nitrogen and oxygen atoms in total.